The Hall–Kier alpha value is -3.02. The van der Waals surface area contributed by atoms with Crippen LogP contribution in [-0.2, 0) is 11.3 Å². The van der Waals surface area contributed by atoms with Gasteiger partial charge in [0.15, 0.2) is 0 Å². The lowest BCUT2D eigenvalue weighted by atomic mass is 10.2. The molecule has 1 saturated heterocycles. The first-order valence-electron chi connectivity index (χ1n) is 8.20. The molecule has 1 fully saturated rings. The van der Waals surface area contributed by atoms with Crippen LogP contribution in [0.15, 0.2) is 60.7 Å². The predicted molar refractivity (Wildman–Crippen MR) is 92.2 cm³/mol. The summed E-state index contributed by atoms with van der Waals surface area (Å²) < 4.78 is 10.6. The number of rotatable bonds is 3. The number of carbonyl (C=O) groups is 2. The summed E-state index contributed by atoms with van der Waals surface area (Å²) >= 11 is 0. The highest BCUT2D eigenvalue weighted by Crippen LogP contribution is 2.12. The first kappa shape index (κ1) is 16.8. The van der Waals surface area contributed by atoms with Crippen molar-refractivity contribution in [1.82, 2.24) is 9.80 Å². The van der Waals surface area contributed by atoms with Crippen molar-refractivity contribution in [2.75, 3.05) is 26.2 Å². The van der Waals surface area contributed by atoms with E-state index in [2.05, 4.69) is 0 Å². The molecule has 2 aromatic carbocycles. The summed E-state index contributed by atoms with van der Waals surface area (Å²) in [5.74, 6) is 0.511. The molecule has 0 saturated carbocycles. The second-order valence-electron chi connectivity index (χ2n) is 5.70. The topological polar surface area (TPSA) is 59.1 Å². The fraction of sp³-hybridized carbons (Fsp3) is 0.263. The molecule has 25 heavy (non-hydrogen) atoms. The molecule has 0 aromatic heterocycles. The molecule has 3 rings (SSSR count). The average molecular weight is 340 g/mol. The van der Waals surface area contributed by atoms with Gasteiger partial charge in [0, 0.05) is 26.2 Å². The normalized spacial score (nSPS) is 14.1. The Morgan fingerprint density at radius 3 is 1.88 bits per heavy atom. The van der Waals surface area contributed by atoms with Crippen LogP contribution < -0.4 is 4.74 Å². The van der Waals surface area contributed by atoms with Crippen molar-refractivity contribution in [2.24, 2.45) is 0 Å². The third kappa shape index (κ3) is 4.73. The quantitative estimate of drug-likeness (QED) is 0.861. The molecule has 0 radical (unpaired) electrons. The molecule has 6 heteroatoms. The standard InChI is InChI=1S/C19H20N2O4/c22-18(24-15-16-7-3-1-4-8-16)20-11-13-21(14-12-20)19(23)25-17-9-5-2-6-10-17/h1-10H,11-15H2. The van der Waals surface area contributed by atoms with Crippen LogP contribution in [0, 0.1) is 0 Å². The number of hydrogen-bond acceptors (Lipinski definition) is 4. The van der Waals surface area contributed by atoms with Gasteiger partial charge in [0.05, 0.1) is 0 Å². The van der Waals surface area contributed by atoms with E-state index in [1.54, 1.807) is 21.9 Å². The minimum atomic E-state index is -0.400. The highest BCUT2D eigenvalue weighted by Gasteiger charge is 2.26. The molecule has 1 heterocycles. The fourth-order valence-electron chi connectivity index (χ4n) is 2.54. The summed E-state index contributed by atoms with van der Waals surface area (Å²) in [6.07, 6.45) is -0.761. The van der Waals surface area contributed by atoms with E-state index in [1.165, 1.54) is 0 Å². The SMILES string of the molecule is O=C(OCc1ccccc1)N1CCN(C(=O)Oc2ccccc2)CC1. The van der Waals surface area contributed by atoms with E-state index < -0.39 is 6.09 Å². The first-order valence-corrected chi connectivity index (χ1v) is 8.20. The Kier molecular flexibility index (Phi) is 5.51. The maximum absolute atomic E-state index is 12.1. The molecule has 130 valence electrons. The van der Waals surface area contributed by atoms with E-state index in [1.807, 2.05) is 48.5 Å². The van der Waals surface area contributed by atoms with Crippen LogP contribution in [0.2, 0.25) is 0 Å². The van der Waals surface area contributed by atoms with Crippen molar-refractivity contribution in [3.8, 4) is 5.75 Å². The van der Waals surface area contributed by atoms with E-state index in [4.69, 9.17) is 9.47 Å². The molecule has 2 aromatic rings. The van der Waals surface area contributed by atoms with Gasteiger partial charge in [0.1, 0.15) is 12.4 Å². The largest absolute Gasteiger partial charge is 0.445 e. The van der Waals surface area contributed by atoms with E-state index >= 15 is 0 Å². The minimum Gasteiger partial charge on any atom is -0.445 e. The van der Waals surface area contributed by atoms with Gasteiger partial charge in [-0.2, -0.15) is 0 Å². The van der Waals surface area contributed by atoms with Crippen molar-refractivity contribution in [3.63, 3.8) is 0 Å². The minimum absolute atomic E-state index is 0.246. The Bertz CT molecular complexity index is 698. The van der Waals surface area contributed by atoms with Crippen LogP contribution in [0.1, 0.15) is 5.56 Å². The second kappa shape index (κ2) is 8.19. The number of amides is 2. The van der Waals surface area contributed by atoms with Crippen LogP contribution in [-0.4, -0.2) is 48.2 Å². The molecule has 0 N–H and O–H groups in total. The van der Waals surface area contributed by atoms with Gasteiger partial charge in [-0.15, -0.1) is 0 Å². The van der Waals surface area contributed by atoms with E-state index in [0.29, 0.717) is 31.9 Å². The van der Waals surface area contributed by atoms with Crippen molar-refractivity contribution in [3.05, 3.63) is 66.2 Å². The highest BCUT2D eigenvalue weighted by atomic mass is 16.6. The van der Waals surface area contributed by atoms with Gasteiger partial charge in [0.25, 0.3) is 0 Å². The molecular weight excluding hydrogens is 320 g/mol. The Labute approximate surface area is 146 Å². The van der Waals surface area contributed by atoms with Crippen molar-refractivity contribution < 1.29 is 19.1 Å². The van der Waals surface area contributed by atoms with E-state index in [-0.39, 0.29) is 12.7 Å². The number of benzene rings is 2. The van der Waals surface area contributed by atoms with Crippen molar-refractivity contribution >= 4 is 12.2 Å². The fourth-order valence-corrected chi connectivity index (χ4v) is 2.54. The van der Waals surface area contributed by atoms with Crippen molar-refractivity contribution in [1.29, 1.82) is 0 Å². The highest BCUT2D eigenvalue weighted by molar-refractivity contribution is 5.72. The van der Waals surface area contributed by atoms with Gasteiger partial charge in [-0.05, 0) is 17.7 Å². The third-order valence-electron chi connectivity index (χ3n) is 3.95. The molecule has 6 nitrogen and oxygen atoms in total. The second-order valence-corrected chi connectivity index (χ2v) is 5.70. The summed E-state index contributed by atoms with van der Waals surface area (Å²) in [6.45, 7) is 1.95. The lowest BCUT2D eigenvalue weighted by molar-refractivity contribution is 0.0705. The molecule has 0 unspecified atom stereocenters. The van der Waals surface area contributed by atoms with Gasteiger partial charge in [-0.25, -0.2) is 9.59 Å². The van der Waals surface area contributed by atoms with Gasteiger partial charge in [-0.3, -0.25) is 0 Å². The number of carbonyl (C=O) groups excluding carboxylic acids is 2. The Morgan fingerprint density at radius 1 is 0.760 bits per heavy atom. The van der Waals surface area contributed by atoms with Crippen LogP contribution in [0.5, 0.6) is 5.75 Å². The van der Waals surface area contributed by atoms with Crippen LogP contribution in [0.25, 0.3) is 0 Å². The van der Waals surface area contributed by atoms with E-state index in [0.717, 1.165) is 5.56 Å². The zero-order chi connectivity index (χ0) is 17.5. The number of para-hydroxylation sites is 1. The zero-order valence-corrected chi connectivity index (χ0v) is 13.8. The maximum Gasteiger partial charge on any atom is 0.415 e. The summed E-state index contributed by atoms with van der Waals surface area (Å²) in [6, 6.07) is 18.5. The lowest BCUT2D eigenvalue weighted by Gasteiger charge is -2.33. The summed E-state index contributed by atoms with van der Waals surface area (Å²) in [7, 11) is 0. The summed E-state index contributed by atoms with van der Waals surface area (Å²) in [4.78, 5) is 27.4. The summed E-state index contributed by atoms with van der Waals surface area (Å²) in [5.41, 5.74) is 0.945. The monoisotopic (exact) mass is 340 g/mol. The molecule has 2 amide bonds. The van der Waals surface area contributed by atoms with Crippen molar-refractivity contribution in [2.45, 2.75) is 6.61 Å². The summed E-state index contributed by atoms with van der Waals surface area (Å²) in [5, 5.41) is 0. The maximum atomic E-state index is 12.1. The predicted octanol–water partition coefficient (Wildman–Crippen LogP) is 3.14. The Balaban J connectivity index is 1.43. The van der Waals surface area contributed by atoms with Gasteiger partial charge < -0.3 is 19.3 Å². The molecule has 1 aliphatic heterocycles. The number of ether oxygens (including phenoxy) is 2. The smallest absolute Gasteiger partial charge is 0.415 e. The average Bonchev–Trinajstić information content (AvgIpc) is 2.68. The molecule has 0 aliphatic carbocycles. The molecular formula is C19H20N2O4. The van der Waals surface area contributed by atoms with E-state index in [9.17, 15) is 9.59 Å². The number of piperazine rings is 1. The van der Waals surface area contributed by atoms with Crippen LogP contribution >= 0.6 is 0 Å². The first-order chi connectivity index (χ1) is 12.2. The third-order valence-corrected chi connectivity index (χ3v) is 3.95. The molecule has 0 bridgehead atoms. The van der Waals surface area contributed by atoms with Gasteiger partial charge in [0.2, 0.25) is 0 Å². The Morgan fingerprint density at radius 2 is 1.28 bits per heavy atom. The molecule has 1 aliphatic rings. The number of hydrogen-bond donors (Lipinski definition) is 0. The lowest BCUT2D eigenvalue weighted by Crippen LogP contribution is -2.51. The molecule has 0 spiro atoms. The van der Waals surface area contributed by atoms with Gasteiger partial charge in [-0.1, -0.05) is 48.5 Å². The molecule has 0 atom stereocenters. The van der Waals surface area contributed by atoms with Gasteiger partial charge >= 0.3 is 12.2 Å². The van der Waals surface area contributed by atoms with Crippen LogP contribution in [0.3, 0.4) is 0 Å². The number of nitrogens with zero attached hydrogens (tertiary/aromatic N) is 2. The zero-order valence-electron chi connectivity index (χ0n) is 13.8. The van der Waals surface area contributed by atoms with Crippen LogP contribution in [0.4, 0.5) is 9.59 Å².